The number of aromatic amines is 1. The molecule has 0 fully saturated rings. The zero-order valence-corrected chi connectivity index (χ0v) is 8.62. The van der Waals surface area contributed by atoms with Crippen LogP contribution in [0.5, 0.6) is 0 Å². The number of rotatable bonds is 2. The Hall–Kier alpha value is -1.75. The van der Waals surface area contributed by atoms with Crippen molar-refractivity contribution in [2.45, 2.75) is 9.92 Å². The van der Waals surface area contributed by atoms with Gasteiger partial charge in [0.2, 0.25) is 0 Å². The van der Waals surface area contributed by atoms with E-state index in [9.17, 15) is 4.79 Å². The van der Waals surface area contributed by atoms with Gasteiger partial charge in [0.15, 0.2) is 5.03 Å². The van der Waals surface area contributed by atoms with Crippen molar-refractivity contribution in [2.24, 2.45) is 0 Å². The molecule has 1 aromatic carbocycles. The number of benzene rings is 1. The van der Waals surface area contributed by atoms with Crippen LogP contribution < -0.4 is 11.3 Å². The maximum absolute atomic E-state index is 11.3. The maximum Gasteiger partial charge on any atom is 0.280 e. The molecule has 0 saturated heterocycles. The molecule has 0 saturated carbocycles. The second kappa shape index (κ2) is 4.18. The molecule has 0 amide bonds. The fourth-order valence-electron chi connectivity index (χ4n) is 1.06. The molecule has 0 atom stereocenters. The number of anilines is 1. The van der Waals surface area contributed by atoms with Crippen LogP contribution in [0.15, 0.2) is 51.4 Å². The minimum atomic E-state index is -0.181. The third-order valence-electron chi connectivity index (χ3n) is 1.77. The van der Waals surface area contributed by atoms with Gasteiger partial charge >= 0.3 is 0 Å². The second-order valence-corrected chi connectivity index (χ2v) is 3.96. The van der Waals surface area contributed by atoms with Crippen molar-refractivity contribution < 1.29 is 0 Å². The summed E-state index contributed by atoms with van der Waals surface area (Å²) in [5.74, 6) is 0. The van der Waals surface area contributed by atoms with E-state index in [-0.39, 0.29) is 5.56 Å². The van der Waals surface area contributed by atoms with Crippen LogP contribution in [0.4, 0.5) is 5.69 Å². The topological polar surface area (TPSA) is 71.8 Å². The summed E-state index contributed by atoms with van der Waals surface area (Å²) in [5.41, 5.74) is 6.08. The van der Waals surface area contributed by atoms with E-state index >= 15 is 0 Å². The van der Waals surface area contributed by atoms with Crippen molar-refractivity contribution in [1.82, 2.24) is 9.97 Å². The fraction of sp³-hybridized carbons (Fsp3) is 0. The summed E-state index contributed by atoms with van der Waals surface area (Å²) in [6, 6.07) is 7.29. The highest BCUT2D eigenvalue weighted by Crippen LogP contribution is 2.23. The van der Waals surface area contributed by atoms with Crippen molar-refractivity contribution in [3.63, 3.8) is 0 Å². The van der Waals surface area contributed by atoms with Crippen LogP contribution in [0.1, 0.15) is 0 Å². The molecule has 4 nitrogen and oxygen atoms in total. The number of nitrogens with one attached hydrogen (secondary N) is 1. The minimum absolute atomic E-state index is 0.181. The molecule has 2 aromatic rings. The summed E-state index contributed by atoms with van der Waals surface area (Å²) in [5, 5.41) is 0.433. The molecule has 5 heteroatoms. The van der Waals surface area contributed by atoms with Gasteiger partial charge in [-0.3, -0.25) is 4.79 Å². The molecule has 1 aromatic heterocycles. The van der Waals surface area contributed by atoms with Gasteiger partial charge in [-0.1, -0.05) is 11.8 Å². The van der Waals surface area contributed by atoms with Crippen LogP contribution in [0.25, 0.3) is 0 Å². The van der Waals surface area contributed by atoms with Gasteiger partial charge in [-0.2, -0.15) is 0 Å². The third-order valence-corrected chi connectivity index (χ3v) is 2.76. The van der Waals surface area contributed by atoms with Crippen LogP contribution >= 0.6 is 11.8 Å². The number of nitrogens with two attached hydrogens (primary N) is 1. The Kier molecular flexibility index (Phi) is 2.73. The van der Waals surface area contributed by atoms with E-state index in [1.54, 1.807) is 18.3 Å². The van der Waals surface area contributed by atoms with E-state index < -0.39 is 0 Å². The van der Waals surface area contributed by atoms with Gasteiger partial charge in [0.05, 0.1) is 0 Å². The quantitative estimate of drug-likeness (QED) is 0.751. The van der Waals surface area contributed by atoms with Gasteiger partial charge in [0.25, 0.3) is 5.56 Å². The molecule has 0 spiro atoms. The first-order chi connectivity index (χ1) is 7.25. The van der Waals surface area contributed by atoms with Crippen molar-refractivity contribution in [1.29, 1.82) is 0 Å². The van der Waals surface area contributed by atoms with Gasteiger partial charge in [-0.15, -0.1) is 0 Å². The zero-order valence-electron chi connectivity index (χ0n) is 7.81. The average Bonchev–Trinajstić information content (AvgIpc) is 2.25. The van der Waals surface area contributed by atoms with Crippen molar-refractivity contribution in [3.05, 3.63) is 47.0 Å². The normalized spacial score (nSPS) is 10.1. The molecule has 76 valence electrons. The van der Waals surface area contributed by atoms with Crippen LogP contribution in [0.2, 0.25) is 0 Å². The van der Waals surface area contributed by atoms with Crippen LogP contribution in [0.3, 0.4) is 0 Å². The molecular weight excluding hydrogens is 210 g/mol. The number of aromatic nitrogens is 2. The zero-order chi connectivity index (χ0) is 10.7. The molecular formula is C10H9N3OS. The predicted octanol–water partition coefficient (Wildman–Crippen LogP) is 1.50. The Labute approximate surface area is 90.6 Å². The van der Waals surface area contributed by atoms with Crippen molar-refractivity contribution in [3.8, 4) is 0 Å². The first-order valence-electron chi connectivity index (χ1n) is 4.33. The van der Waals surface area contributed by atoms with Crippen LogP contribution in [-0.4, -0.2) is 9.97 Å². The van der Waals surface area contributed by atoms with Gasteiger partial charge in [-0.25, -0.2) is 4.98 Å². The van der Waals surface area contributed by atoms with Crippen molar-refractivity contribution >= 4 is 17.4 Å². The smallest absolute Gasteiger partial charge is 0.280 e. The molecule has 0 aliphatic carbocycles. The van der Waals surface area contributed by atoms with E-state index in [1.165, 1.54) is 18.0 Å². The number of H-pyrrole nitrogens is 1. The van der Waals surface area contributed by atoms with Crippen molar-refractivity contribution in [2.75, 3.05) is 5.73 Å². The Bertz CT molecular complexity index is 507. The molecule has 0 bridgehead atoms. The highest BCUT2D eigenvalue weighted by Gasteiger charge is 2.02. The summed E-state index contributed by atoms with van der Waals surface area (Å²) in [6.07, 6.45) is 3.07. The Morgan fingerprint density at radius 1 is 1.27 bits per heavy atom. The lowest BCUT2D eigenvalue weighted by Crippen LogP contribution is -2.08. The van der Waals surface area contributed by atoms with E-state index in [2.05, 4.69) is 9.97 Å². The summed E-state index contributed by atoms with van der Waals surface area (Å²) in [7, 11) is 0. The Morgan fingerprint density at radius 2 is 2.00 bits per heavy atom. The van der Waals surface area contributed by atoms with E-state index in [1.807, 2.05) is 12.1 Å². The molecule has 0 radical (unpaired) electrons. The molecule has 1 heterocycles. The molecule has 0 unspecified atom stereocenters. The Morgan fingerprint density at radius 3 is 2.67 bits per heavy atom. The fourth-order valence-corrected chi connectivity index (χ4v) is 1.82. The van der Waals surface area contributed by atoms with Gasteiger partial charge in [-0.05, 0) is 24.3 Å². The number of hydrogen-bond acceptors (Lipinski definition) is 4. The minimum Gasteiger partial charge on any atom is -0.399 e. The van der Waals surface area contributed by atoms with Crippen LogP contribution in [-0.2, 0) is 0 Å². The third kappa shape index (κ3) is 2.38. The predicted molar refractivity (Wildman–Crippen MR) is 59.8 cm³/mol. The number of nitrogens with zero attached hydrogens (tertiary/aromatic N) is 1. The molecule has 15 heavy (non-hydrogen) atoms. The summed E-state index contributed by atoms with van der Waals surface area (Å²) < 4.78 is 0. The summed E-state index contributed by atoms with van der Waals surface area (Å²) in [4.78, 5) is 18.8. The van der Waals surface area contributed by atoms with E-state index in [0.717, 1.165) is 4.90 Å². The lowest BCUT2D eigenvalue weighted by molar-refractivity contribution is 0.997. The first-order valence-corrected chi connectivity index (χ1v) is 5.14. The average molecular weight is 219 g/mol. The Balaban J connectivity index is 2.26. The standard InChI is InChI=1S/C10H9N3OS/c11-7-1-3-8(4-2-7)15-10-9(14)12-5-6-13-10/h1-6H,11H2,(H,12,14). The molecule has 2 rings (SSSR count). The number of hydrogen-bond donors (Lipinski definition) is 2. The highest BCUT2D eigenvalue weighted by atomic mass is 32.2. The first kappa shape index (κ1) is 9.79. The SMILES string of the molecule is Nc1ccc(Sc2ncc[nH]c2=O)cc1. The van der Waals surface area contributed by atoms with Gasteiger partial charge < -0.3 is 10.7 Å². The second-order valence-electron chi connectivity index (χ2n) is 2.89. The summed E-state index contributed by atoms with van der Waals surface area (Å²) >= 11 is 1.31. The monoisotopic (exact) mass is 219 g/mol. The number of nitrogen functional groups attached to an aromatic ring is 1. The van der Waals surface area contributed by atoms with Crippen LogP contribution in [0, 0.1) is 0 Å². The lowest BCUT2D eigenvalue weighted by Gasteiger charge is -1.99. The van der Waals surface area contributed by atoms with Gasteiger partial charge in [0.1, 0.15) is 0 Å². The lowest BCUT2D eigenvalue weighted by atomic mass is 10.3. The molecule has 0 aliphatic heterocycles. The summed E-state index contributed by atoms with van der Waals surface area (Å²) in [6.45, 7) is 0. The van der Waals surface area contributed by atoms with E-state index in [4.69, 9.17) is 5.73 Å². The van der Waals surface area contributed by atoms with Gasteiger partial charge in [0, 0.05) is 23.0 Å². The maximum atomic E-state index is 11.3. The highest BCUT2D eigenvalue weighted by molar-refractivity contribution is 7.99. The molecule has 3 N–H and O–H groups in total. The largest absolute Gasteiger partial charge is 0.399 e. The molecule has 0 aliphatic rings. The van der Waals surface area contributed by atoms with E-state index in [0.29, 0.717) is 10.7 Å².